The van der Waals surface area contributed by atoms with Crippen molar-refractivity contribution in [1.29, 1.82) is 5.26 Å². The highest BCUT2D eigenvalue weighted by Crippen LogP contribution is 2.19. The second kappa shape index (κ2) is 7.68. The minimum absolute atomic E-state index is 0.252. The second-order valence-electron chi connectivity index (χ2n) is 6.18. The molecule has 0 aliphatic carbocycles. The molecule has 1 amide bonds. The van der Waals surface area contributed by atoms with Gasteiger partial charge in [0.2, 0.25) is 0 Å². The molecule has 8 heteroatoms. The first-order valence-corrected chi connectivity index (χ1v) is 8.46. The van der Waals surface area contributed by atoms with Crippen molar-refractivity contribution in [2.75, 3.05) is 5.73 Å². The number of carbonyl (C=O) groups is 1. The molecule has 0 spiro atoms. The number of fused-ring (bicyclic) bond motifs is 1. The normalized spacial score (nSPS) is 11.2. The number of hydrogen-bond donors (Lipinski definition) is 2. The smallest absolute Gasteiger partial charge is 0.253 e. The molecule has 3 aromatic rings. The first kappa shape index (κ1) is 18.7. The van der Waals surface area contributed by atoms with Gasteiger partial charge < -0.3 is 11.1 Å². The molecule has 0 bridgehead atoms. The van der Waals surface area contributed by atoms with Crippen LogP contribution in [-0.2, 0) is 0 Å². The van der Waals surface area contributed by atoms with Crippen molar-refractivity contribution in [2.45, 2.75) is 26.8 Å². The van der Waals surface area contributed by atoms with Crippen LogP contribution >= 0.6 is 0 Å². The summed E-state index contributed by atoms with van der Waals surface area (Å²) in [5, 5.41) is 11.4. The molecule has 0 unspecified atom stereocenters. The monoisotopic (exact) mass is 371 g/mol. The molecule has 0 aliphatic rings. The summed E-state index contributed by atoms with van der Waals surface area (Å²) in [7, 11) is 0. The van der Waals surface area contributed by atoms with Crippen LogP contribution in [0.4, 0.5) is 5.82 Å². The minimum atomic E-state index is -0.603. The second-order valence-corrected chi connectivity index (χ2v) is 6.18. The van der Waals surface area contributed by atoms with E-state index in [0.29, 0.717) is 27.7 Å². The third kappa shape index (κ3) is 3.87. The van der Waals surface area contributed by atoms with E-state index in [9.17, 15) is 4.79 Å². The van der Waals surface area contributed by atoms with Crippen molar-refractivity contribution in [3.05, 3.63) is 52.7 Å². The summed E-state index contributed by atoms with van der Waals surface area (Å²) in [6, 6.07) is 2.93. The van der Waals surface area contributed by atoms with Crippen LogP contribution in [0.1, 0.15) is 39.8 Å². The Balaban J connectivity index is 2.00. The van der Waals surface area contributed by atoms with Crippen molar-refractivity contribution in [3.63, 3.8) is 0 Å². The fraction of sp³-hybridized carbons (Fsp3) is 0.200. The average Bonchev–Trinajstić information content (AvgIpc) is 2.68. The van der Waals surface area contributed by atoms with Gasteiger partial charge in [-0.1, -0.05) is 11.8 Å². The number of aryl methyl sites for hydroxylation is 2. The van der Waals surface area contributed by atoms with Crippen LogP contribution < -0.4 is 11.1 Å². The molecule has 138 valence electrons. The lowest BCUT2D eigenvalue weighted by Gasteiger charge is -2.06. The molecule has 1 atom stereocenters. The molecular weight excluding hydrogens is 354 g/mol. The molecule has 3 heterocycles. The summed E-state index contributed by atoms with van der Waals surface area (Å²) >= 11 is 0. The fourth-order valence-electron chi connectivity index (χ4n) is 2.41. The summed E-state index contributed by atoms with van der Waals surface area (Å²) in [6.07, 6.45) is 4.52. The summed E-state index contributed by atoms with van der Waals surface area (Å²) < 4.78 is 0. The topological polar surface area (TPSA) is 130 Å². The highest BCUT2D eigenvalue weighted by atomic mass is 16.1. The highest BCUT2D eigenvalue weighted by molar-refractivity contribution is 5.94. The Morgan fingerprint density at radius 2 is 1.93 bits per heavy atom. The van der Waals surface area contributed by atoms with E-state index in [2.05, 4.69) is 37.1 Å². The van der Waals surface area contributed by atoms with Crippen molar-refractivity contribution < 1.29 is 4.79 Å². The SMILES string of the molecule is Cc1nc2cnc(N)c(C#Cc3cncc(C(=O)N[C@@H](C)C#N)c3)c2nc1C. The van der Waals surface area contributed by atoms with E-state index in [4.69, 9.17) is 11.0 Å². The number of amides is 1. The first-order chi connectivity index (χ1) is 13.4. The number of pyridine rings is 2. The lowest BCUT2D eigenvalue weighted by Crippen LogP contribution is -2.31. The van der Waals surface area contributed by atoms with Gasteiger partial charge in [0.25, 0.3) is 5.91 Å². The zero-order chi connectivity index (χ0) is 20.3. The molecular formula is C20H17N7O. The predicted molar refractivity (Wildman–Crippen MR) is 104 cm³/mol. The van der Waals surface area contributed by atoms with E-state index in [1.807, 2.05) is 19.9 Å². The van der Waals surface area contributed by atoms with Crippen LogP contribution in [0.25, 0.3) is 11.0 Å². The number of anilines is 1. The molecule has 0 aromatic carbocycles. The van der Waals surface area contributed by atoms with E-state index >= 15 is 0 Å². The molecule has 28 heavy (non-hydrogen) atoms. The Hall–Kier alpha value is -4.04. The van der Waals surface area contributed by atoms with Gasteiger partial charge in [0.1, 0.15) is 22.9 Å². The average molecular weight is 371 g/mol. The summed E-state index contributed by atoms with van der Waals surface area (Å²) in [5.41, 5.74) is 10.1. The number of carbonyl (C=O) groups excluding carboxylic acids is 1. The summed E-state index contributed by atoms with van der Waals surface area (Å²) in [6.45, 7) is 5.33. The summed E-state index contributed by atoms with van der Waals surface area (Å²) in [5.74, 6) is 5.78. The van der Waals surface area contributed by atoms with Crippen molar-refractivity contribution in [3.8, 4) is 17.9 Å². The lowest BCUT2D eigenvalue weighted by molar-refractivity contribution is 0.0947. The highest BCUT2D eigenvalue weighted by Gasteiger charge is 2.11. The zero-order valence-corrected chi connectivity index (χ0v) is 15.6. The largest absolute Gasteiger partial charge is 0.383 e. The fourth-order valence-corrected chi connectivity index (χ4v) is 2.41. The molecule has 0 fully saturated rings. The molecule has 3 rings (SSSR count). The van der Waals surface area contributed by atoms with Gasteiger partial charge in [-0.3, -0.25) is 9.78 Å². The van der Waals surface area contributed by atoms with E-state index in [0.717, 1.165) is 11.4 Å². The van der Waals surface area contributed by atoms with E-state index in [1.165, 1.54) is 12.4 Å². The maximum atomic E-state index is 12.1. The molecule has 0 aliphatic heterocycles. The van der Waals surface area contributed by atoms with Crippen LogP contribution in [0.15, 0.2) is 24.7 Å². The van der Waals surface area contributed by atoms with Gasteiger partial charge in [0.05, 0.1) is 34.8 Å². The molecule has 8 nitrogen and oxygen atoms in total. The molecule has 3 N–H and O–H groups in total. The Morgan fingerprint density at radius 3 is 2.68 bits per heavy atom. The number of rotatable bonds is 2. The van der Waals surface area contributed by atoms with Gasteiger partial charge in [0.15, 0.2) is 0 Å². The first-order valence-electron chi connectivity index (χ1n) is 8.46. The van der Waals surface area contributed by atoms with E-state index in [-0.39, 0.29) is 5.82 Å². The Bertz CT molecular complexity index is 1180. The van der Waals surface area contributed by atoms with E-state index < -0.39 is 11.9 Å². The Labute approximate surface area is 161 Å². The van der Waals surface area contributed by atoms with E-state index in [1.54, 1.807) is 19.2 Å². The number of nitrogen functional groups attached to an aromatic ring is 1. The van der Waals surface area contributed by atoms with Gasteiger partial charge in [0, 0.05) is 18.0 Å². The van der Waals surface area contributed by atoms with Gasteiger partial charge in [-0.05, 0) is 26.8 Å². The number of aromatic nitrogens is 4. The van der Waals surface area contributed by atoms with Crippen LogP contribution in [-0.4, -0.2) is 31.9 Å². The summed E-state index contributed by atoms with van der Waals surface area (Å²) in [4.78, 5) is 29.3. The van der Waals surface area contributed by atoms with Crippen LogP contribution in [0.3, 0.4) is 0 Å². The molecule has 3 aromatic heterocycles. The third-order valence-corrected chi connectivity index (χ3v) is 4.03. The third-order valence-electron chi connectivity index (χ3n) is 4.03. The Morgan fingerprint density at radius 1 is 1.18 bits per heavy atom. The number of nitriles is 1. The number of hydrogen-bond acceptors (Lipinski definition) is 7. The van der Waals surface area contributed by atoms with Gasteiger partial charge in [-0.15, -0.1) is 0 Å². The van der Waals surface area contributed by atoms with Crippen LogP contribution in [0, 0.1) is 37.0 Å². The number of nitrogens with zero attached hydrogens (tertiary/aromatic N) is 5. The predicted octanol–water partition coefficient (Wildman–Crippen LogP) is 1.66. The minimum Gasteiger partial charge on any atom is -0.383 e. The van der Waals surface area contributed by atoms with Crippen molar-refractivity contribution >= 4 is 22.8 Å². The Kier molecular flexibility index (Phi) is 5.14. The maximum Gasteiger partial charge on any atom is 0.253 e. The van der Waals surface area contributed by atoms with Gasteiger partial charge >= 0.3 is 0 Å². The van der Waals surface area contributed by atoms with Crippen molar-refractivity contribution in [1.82, 2.24) is 25.3 Å². The molecule has 0 saturated carbocycles. The van der Waals surface area contributed by atoms with Crippen LogP contribution in [0.2, 0.25) is 0 Å². The zero-order valence-electron chi connectivity index (χ0n) is 15.6. The number of nitrogens with two attached hydrogens (primary N) is 1. The molecule has 0 saturated heterocycles. The maximum absolute atomic E-state index is 12.1. The number of nitrogens with one attached hydrogen (secondary N) is 1. The molecule has 0 radical (unpaired) electrons. The quantitative estimate of drug-likeness (QED) is 0.655. The van der Waals surface area contributed by atoms with Gasteiger partial charge in [-0.2, -0.15) is 5.26 Å². The van der Waals surface area contributed by atoms with Crippen LogP contribution in [0.5, 0.6) is 0 Å². The standard InChI is InChI=1S/C20H17N7O/c1-11(7-21)25-20(28)15-6-14(8-23-9-15)4-5-16-18-17(10-24-19(16)22)26-12(2)13(3)27-18/h6,8-11H,1-3H3,(H2,22,24)(H,25,28)/t11-/m0/s1. The lowest BCUT2D eigenvalue weighted by atomic mass is 10.1. The van der Waals surface area contributed by atoms with Crippen molar-refractivity contribution in [2.24, 2.45) is 0 Å². The van der Waals surface area contributed by atoms with Gasteiger partial charge in [-0.25, -0.2) is 15.0 Å².